The lowest BCUT2D eigenvalue weighted by atomic mass is 10.2. The Morgan fingerprint density at radius 1 is 1.26 bits per heavy atom. The molecule has 6 heteroatoms. The van der Waals surface area contributed by atoms with Crippen LogP contribution < -0.4 is 0 Å². The molecule has 1 aromatic heterocycles. The van der Waals surface area contributed by atoms with E-state index in [1.165, 1.54) is 16.2 Å². The maximum Gasteiger partial charge on any atom is 0.254 e. The molecule has 2 aromatic rings. The molecule has 0 spiro atoms. The number of carbonyl (C=O) groups is 1. The topological polar surface area (TPSA) is 20.3 Å². The third-order valence-corrected chi connectivity index (χ3v) is 4.09. The van der Waals surface area contributed by atoms with Crippen LogP contribution in [0.5, 0.6) is 0 Å². The number of thiophene rings is 1. The molecule has 100 valence electrons. The highest BCUT2D eigenvalue weighted by atomic mass is 79.9. The Morgan fingerprint density at radius 3 is 2.42 bits per heavy atom. The van der Waals surface area contributed by atoms with Gasteiger partial charge in [-0.05, 0) is 40.2 Å². The van der Waals surface area contributed by atoms with Crippen LogP contribution in [0.15, 0.2) is 34.1 Å². The van der Waals surface area contributed by atoms with E-state index in [1.807, 2.05) is 12.1 Å². The number of carbonyl (C=O) groups excluding carboxylic acids is 1. The van der Waals surface area contributed by atoms with E-state index in [2.05, 4.69) is 15.9 Å². The van der Waals surface area contributed by atoms with Gasteiger partial charge in [0.1, 0.15) is 11.6 Å². The fourth-order valence-electron chi connectivity index (χ4n) is 1.64. The summed E-state index contributed by atoms with van der Waals surface area (Å²) in [4.78, 5) is 14.5. The number of hydrogen-bond donors (Lipinski definition) is 0. The molecular weight excluding hydrogens is 336 g/mol. The van der Waals surface area contributed by atoms with E-state index in [0.29, 0.717) is 6.54 Å². The summed E-state index contributed by atoms with van der Waals surface area (Å²) >= 11 is 4.85. The van der Waals surface area contributed by atoms with Crippen LogP contribution in [0.1, 0.15) is 15.2 Å². The maximum absolute atomic E-state index is 13.1. The Morgan fingerprint density at radius 2 is 1.89 bits per heavy atom. The lowest BCUT2D eigenvalue weighted by Gasteiger charge is -2.16. The van der Waals surface area contributed by atoms with Crippen molar-refractivity contribution in [2.75, 3.05) is 7.05 Å². The van der Waals surface area contributed by atoms with Crippen molar-refractivity contribution in [1.29, 1.82) is 0 Å². The van der Waals surface area contributed by atoms with Crippen LogP contribution >= 0.6 is 27.3 Å². The van der Waals surface area contributed by atoms with Crippen LogP contribution in [0.4, 0.5) is 8.78 Å². The van der Waals surface area contributed by atoms with Crippen LogP contribution in [-0.4, -0.2) is 17.9 Å². The summed E-state index contributed by atoms with van der Waals surface area (Å²) in [6, 6.07) is 6.59. The average Bonchev–Trinajstić information content (AvgIpc) is 2.72. The number of amides is 1. The average molecular weight is 346 g/mol. The molecule has 0 unspecified atom stereocenters. The molecule has 0 fully saturated rings. The zero-order valence-corrected chi connectivity index (χ0v) is 12.4. The first-order valence-corrected chi connectivity index (χ1v) is 7.02. The molecule has 1 aromatic carbocycles. The van der Waals surface area contributed by atoms with Crippen LogP contribution in [0.2, 0.25) is 0 Å². The van der Waals surface area contributed by atoms with Gasteiger partial charge < -0.3 is 4.90 Å². The lowest BCUT2D eigenvalue weighted by Crippen LogP contribution is -2.26. The fourth-order valence-corrected chi connectivity index (χ4v) is 3.18. The summed E-state index contributed by atoms with van der Waals surface area (Å²) in [6.07, 6.45) is 0. The molecule has 0 saturated carbocycles. The van der Waals surface area contributed by atoms with Gasteiger partial charge in [-0.25, -0.2) is 8.78 Å². The summed E-state index contributed by atoms with van der Waals surface area (Å²) in [6.45, 7) is 0.396. The molecule has 0 aliphatic heterocycles. The fraction of sp³-hybridized carbons (Fsp3) is 0.154. The largest absolute Gasteiger partial charge is 0.337 e. The molecule has 0 radical (unpaired) electrons. The van der Waals surface area contributed by atoms with Crippen LogP contribution in [-0.2, 0) is 6.54 Å². The quantitative estimate of drug-likeness (QED) is 0.821. The zero-order chi connectivity index (χ0) is 14.0. The molecule has 2 nitrogen and oxygen atoms in total. The van der Waals surface area contributed by atoms with Crippen molar-refractivity contribution in [1.82, 2.24) is 4.90 Å². The van der Waals surface area contributed by atoms with E-state index < -0.39 is 17.5 Å². The number of nitrogens with zero attached hydrogens (tertiary/aromatic N) is 1. The minimum Gasteiger partial charge on any atom is -0.337 e. The van der Waals surface area contributed by atoms with Gasteiger partial charge in [0.15, 0.2) is 0 Å². The van der Waals surface area contributed by atoms with Gasteiger partial charge in [0, 0.05) is 23.6 Å². The second kappa shape index (κ2) is 5.79. The van der Waals surface area contributed by atoms with Crippen molar-refractivity contribution < 1.29 is 13.6 Å². The molecule has 0 atom stereocenters. The predicted octanol–water partition coefficient (Wildman–Crippen LogP) is 4.06. The first-order chi connectivity index (χ1) is 8.95. The third-order valence-electron chi connectivity index (χ3n) is 2.48. The van der Waals surface area contributed by atoms with Crippen molar-refractivity contribution in [3.05, 3.63) is 56.2 Å². The SMILES string of the molecule is CN(Cc1ccc(Br)s1)C(=O)c1cc(F)cc(F)c1. The normalized spacial score (nSPS) is 10.5. The van der Waals surface area contributed by atoms with Gasteiger partial charge in [-0.1, -0.05) is 0 Å². The Bertz CT molecular complexity index is 594. The summed E-state index contributed by atoms with van der Waals surface area (Å²) in [5.74, 6) is -1.92. The smallest absolute Gasteiger partial charge is 0.254 e. The number of halogens is 3. The first kappa shape index (κ1) is 14.1. The summed E-state index contributed by atoms with van der Waals surface area (Å²) in [5, 5.41) is 0. The summed E-state index contributed by atoms with van der Waals surface area (Å²) < 4.78 is 27.1. The van der Waals surface area contributed by atoms with Gasteiger partial charge in [0.25, 0.3) is 5.91 Å². The Labute approximate surface area is 121 Å². The van der Waals surface area contributed by atoms with E-state index >= 15 is 0 Å². The number of benzene rings is 1. The highest BCUT2D eigenvalue weighted by Crippen LogP contribution is 2.23. The highest BCUT2D eigenvalue weighted by molar-refractivity contribution is 9.11. The highest BCUT2D eigenvalue weighted by Gasteiger charge is 2.15. The van der Waals surface area contributed by atoms with Gasteiger partial charge in [-0.15, -0.1) is 11.3 Å². The van der Waals surface area contributed by atoms with Crippen molar-refractivity contribution in [3.63, 3.8) is 0 Å². The van der Waals surface area contributed by atoms with Gasteiger partial charge in [0.2, 0.25) is 0 Å². The molecule has 0 saturated heterocycles. The van der Waals surface area contributed by atoms with E-state index in [9.17, 15) is 13.6 Å². The second-order valence-electron chi connectivity index (χ2n) is 4.03. The van der Waals surface area contributed by atoms with Crippen LogP contribution in [0.25, 0.3) is 0 Å². The molecule has 19 heavy (non-hydrogen) atoms. The number of rotatable bonds is 3. The zero-order valence-electron chi connectivity index (χ0n) is 9.99. The molecule has 0 N–H and O–H groups in total. The lowest BCUT2D eigenvalue weighted by molar-refractivity contribution is 0.0785. The first-order valence-electron chi connectivity index (χ1n) is 5.41. The van der Waals surface area contributed by atoms with E-state index in [1.54, 1.807) is 7.05 Å². The van der Waals surface area contributed by atoms with E-state index in [4.69, 9.17) is 0 Å². The molecule has 0 aliphatic rings. The minimum absolute atomic E-state index is 0.00984. The molecule has 1 heterocycles. The van der Waals surface area contributed by atoms with Crippen LogP contribution in [0.3, 0.4) is 0 Å². The monoisotopic (exact) mass is 345 g/mol. The number of hydrogen-bond acceptors (Lipinski definition) is 2. The Hall–Kier alpha value is -1.27. The molecule has 0 bridgehead atoms. The third kappa shape index (κ3) is 3.61. The van der Waals surface area contributed by atoms with E-state index in [-0.39, 0.29) is 5.56 Å². The van der Waals surface area contributed by atoms with Gasteiger partial charge in [-0.3, -0.25) is 4.79 Å². The predicted molar refractivity (Wildman–Crippen MR) is 74.2 cm³/mol. The van der Waals surface area contributed by atoms with Crippen molar-refractivity contribution in [3.8, 4) is 0 Å². The van der Waals surface area contributed by atoms with Crippen LogP contribution in [0, 0.1) is 11.6 Å². The second-order valence-corrected chi connectivity index (χ2v) is 6.57. The summed E-state index contributed by atoms with van der Waals surface area (Å²) in [5.41, 5.74) is 0.00984. The van der Waals surface area contributed by atoms with Crippen molar-refractivity contribution in [2.24, 2.45) is 0 Å². The minimum atomic E-state index is -0.754. The molecule has 1 amide bonds. The summed E-state index contributed by atoms with van der Waals surface area (Å²) in [7, 11) is 1.60. The Kier molecular flexibility index (Phi) is 4.31. The van der Waals surface area contributed by atoms with Gasteiger partial charge >= 0.3 is 0 Å². The van der Waals surface area contributed by atoms with E-state index in [0.717, 1.165) is 26.9 Å². The molecule has 2 rings (SSSR count). The Balaban J connectivity index is 2.14. The van der Waals surface area contributed by atoms with Gasteiger partial charge in [-0.2, -0.15) is 0 Å². The molecular formula is C13H10BrF2NOS. The standard InChI is InChI=1S/C13H10BrF2NOS/c1-17(7-11-2-3-12(14)19-11)13(18)8-4-9(15)6-10(16)5-8/h2-6H,7H2,1H3. The molecule has 0 aliphatic carbocycles. The van der Waals surface area contributed by atoms with Crippen molar-refractivity contribution in [2.45, 2.75) is 6.54 Å². The maximum atomic E-state index is 13.1. The van der Waals surface area contributed by atoms with Gasteiger partial charge in [0.05, 0.1) is 10.3 Å². The van der Waals surface area contributed by atoms with Crippen molar-refractivity contribution >= 4 is 33.2 Å².